The van der Waals surface area contributed by atoms with Crippen molar-refractivity contribution in [2.75, 3.05) is 6.61 Å². The SMILES string of the molecule is C=C(CC(NS(=O)(=O)c1ccc(C)cc1)C(=O)OCC)c1ccccc1. The molecule has 0 fully saturated rings. The topological polar surface area (TPSA) is 72.5 Å². The van der Waals surface area contributed by atoms with Gasteiger partial charge >= 0.3 is 5.97 Å². The molecule has 0 radical (unpaired) electrons. The van der Waals surface area contributed by atoms with Crippen molar-refractivity contribution in [1.29, 1.82) is 0 Å². The molecule has 0 saturated carbocycles. The molecular formula is C20H23NO4S. The van der Waals surface area contributed by atoms with Crippen molar-refractivity contribution < 1.29 is 17.9 Å². The average molecular weight is 373 g/mol. The molecule has 0 spiro atoms. The molecule has 2 aromatic rings. The number of hydrogen-bond acceptors (Lipinski definition) is 4. The number of sulfonamides is 1. The van der Waals surface area contributed by atoms with Crippen molar-refractivity contribution >= 4 is 21.6 Å². The molecule has 0 aromatic heterocycles. The third-order valence-electron chi connectivity index (χ3n) is 3.83. The molecule has 1 atom stereocenters. The summed E-state index contributed by atoms with van der Waals surface area (Å²) in [7, 11) is -3.86. The largest absolute Gasteiger partial charge is 0.465 e. The Morgan fingerprint density at radius 1 is 1.12 bits per heavy atom. The fourth-order valence-corrected chi connectivity index (χ4v) is 3.61. The number of benzene rings is 2. The monoisotopic (exact) mass is 373 g/mol. The summed E-state index contributed by atoms with van der Waals surface area (Å²) in [5.74, 6) is -0.625. The van der Waals surface area contributed by atoms with E-state index in [1.807, 2.05) is 37.3 Å². The van der Waals surface area contributed by atoms with Crippen LogP contribution in [0.3, 0.4) is 0 Å². The van der Waals surface area contributed by atoms with Crippen LogP contribution in [0.25, 0.3) is 5.57 Å². The highest BCUT2D eigenvalue weighted by Crippen LogP contribution is 2.20. The van der Waals surface area contributed by atoms with Gasteiger partial charge in [-0.3, -0.25) is 4.79 Å². The van der Waals surface area contributed by atoms with E-state index in [0.29, 0.717) is 5.57 Å². The third kappa shape index (κ3) is 5.28. The molecule has 1 N–H and O–H groups in total. The number of rotatable bonds is 8. The van der Waals surface area contributed by atoms with Gasteiger partial charge in [0.05, 0.1) is 11.5 Å². The first-order valence-electron chi connectivity index (χ1n) is 8.32. The van der Waals surface area contributed by atoms with E-state index in [9.17, 15) is 13.2 Å². The van der Waals surface area contributed by atoms with Gasteiger partial charge in [-0.2, -0.15) is 4.72 Å². The van der Waals surface area contributed by atoms with Crippen molar-refractivity contribution in [3.8, 4) is 0 Å². The van der Waals surface area contributed by atoms with Crippen LogP contribution in [-0.4, -0.2) is 27.0 Å². The smallest absolute Gasteiger partial charge is 0.324 e. The van der Waals surface area contributed by atoms with Gasteiger partial charge in [0.15, 0.2) is 0 Å². The first-order chi connectivity index (χ1) is 12.3. The van der Waals surface area contributed by atoms with Crippen molar-refractivity contribution in [3.05, 3.63) is 72.3 Å². The molecule has 2 aromatic carbocycles. The lowest BCUT2D eigenvalue weighted by Crippen LogP contribution is -2.42. The maximum Gasteiger partial charge on any atom is 0.324 e. The van der Waals surface area contributed by atoms with Crippen LogP contribution in [0.5, 0.6) is 0 Å². The number of hydrogen-bond donors (Lipinski definition) is 1. The predicted molar refractivity (Wildman–Crippen MR) is 102 cm³/mol. The van der Waals surface area contributed by atoms with Gasteiger partial charge in [0.25, 0.3) is 0 Å². The van der Waals surface area contributed by atoms with E-state index in [2.05, 4.69) is 11.3 Å². The number of nitrogens with one attached hydrogen (secondary N) is 1. The molecule has 0 bridgehead atoms. The number of carbonyl (C=O) groups excluding carboxylic acids is 1. The lowest BCUT2D eigenvalue weighted by atomic mass is 10.0. The molecule has 0 heterocycles. The van der Waals surface area contributed by atoms with Crippen LogP contribution in [0.15, 0.2) is 66.1 Å². The summed E-state index contributed by atoms with van der Waals surface area (Å²) in [6.45, 7) is 7.69. The fourth-order valence-electron chi connectivity index (χ4n) is 2.43. The first-order valence-corrected chi connectivity index (χ1v) is 9.80. The summed E-state index contributed by atoms with van der Waals surface area (Å²) in [6.07, 6.45) is 0.119. The van der Waals surface area contributed by atoms with Crippen LogP contribution in [-0.2, 0) is 19.6 Å². The highest BCUT2D eigenvalue weighted by atomic mass is 32.2. The molecule has 0 amide bonds. The van der Waals surface area contributed by atoms with Gasteiger partial charge in [0, 0.05) is 0 Å². The first kappa shape index (κ1) is 19.9. The van der Waals surface area contributed by atoms with Gasteiger partial charge in [-0.1, -0.05) is 54.6 Å². The second-order valence-corrected chi connectivity index (χ2v) is 7.63. The Labute approximate surface area is 154 Å². The second-order valence-electron chi connectivity index (χ2n) is 5.91. The number of ether oxygens (including phenoxy) is 1. The third-order valence-corrected chi connectivity index (χ3v) is 5.32. The molecule has 6 heteroatoms. The molecule has 0 aliphatic heterocycles. The number of carbonyl (C=O) groups is 1. The Balaban J connectivity index is 2.23. The Kier molecular flexibility index (Phi) is 6.71. The van der Waals surface area contributed by atoms with E-state index in [0.717, 1.165) is 11.1 Å². The van der Waals surface area contributed by atoms with E-state index in [1.165, 1.54) is 12.1 Å². The predicted octanol–water partition coefficient (Wildman–Crippen LogP) is 3.31. The van der Waals surface area contributed by atoms with Crippen LogP contribution >= 0.6 is 0 Å². The van der Waals surface area contributed by atoms with Crippen LogP contribution in [0.1, 0.15) is 24.5 Å². The summed E-state index contributed by atoms with van der Waals surface area (Å²) in [5.41, 5.74) is 2.44. The summed E-state index contributed by atoms with van der Waals surface area (Å²) in [5, 5.41) is 0. The van der Waals surface area contributed by atoms with Gasteiger partial charge < -0.3 is 4.74 Å². The standard InChI is InChI=1S/C20H23NO4S/c1-4-25-20(22)19(14-16(3)17-8-6-5-7-9-17)21-26(23,24)18-12-10-15(2)11-13-18/h5-13,19,21H,3-4,14H2,1-2H3. The van der Waals surface area contributed by atoms with Gasteiger partial charge in [-0.25, -0.2) is 8.42 Å². The molecule has 0 aliphatic rings. The maximum absolute atomic E-state index is 12.6. The number of esters is 1. The second kappa shape index (κ2) is 8.78. The van der Waals surface area contributed by atoms with E-state index in [1.54, 1.807) is 19.1 Å². The van der Waals surface area contributed by atoms with Crippen molar-refractivity contribution in [2.45, 2.75) is 31.2 Å². The molecule has 138 valence electrons. The van der Waals surface area contributed by atoms with Crippen molar-refractivity contribution in [3.63, 3.8) is 0 Å². The Hall–Kier alpha value is -2.44. The molecule has 26 heavy (non-hydrogen) atoms. The minimum absolute atomic E-state index is 0.0997. The van der Waals surface area contributed by atoms with Gasteiger partial charge in [-0.15, -0.1) is 0 Å². The minimum Gasteiger partial charge on any atom is -0.465 e. The highest BCUT2D eigenvalue weighted by Gasteiger charge is 2.27. The molecule has 2 rings (SSSR count). The fraction of sp³-hybridized carbons (Fsp3) is 0.250. The minimum atomic E-state index is -3.86. The molecular weight excluding hydrogens is 350 g/mol. The zero-order valence-corrected chi connectivity index (χ0v) is 15.8. The van der Waals surface area contributed by atoms with Gasteiger partial charge in [0.1, 0.15) is 6.04 Å². The van der Waals surface area contributed by atoms with Gasteiger partial charge in [-0.05, 0) is 43.5 Å². The van der Waals surface area contributed by atoms with Crippen LogP contribution in [0.4, 0.5) is 0 Å². The highest BCUT2D eigenvalue weighted by molar-refractivity contribution is 7.89. The molecule has 5 nitrogen and oxygen atoms in total. The summed E-state index contributed by atoms with van der Waals surface area (Å²) >= 11 is 0. The van der Waals surface area contributed by atoms with Gasteiger partial charge in [0.2, 0.25) is 10.0 Å². The van der Waals surface area contributed by atoms with E-state index in [4.69, 9.17) is 4.74 Å². The van der Waals surface area contributed by atoms with Crippen LogP contribution in [0.2, 0.25) is 0 Å². The van der Waals surface area contributed by atoms with Crippen molar-refractivity contribution in [2.24, 2.45) is 0 Å². The molecule has 0 saturated heterocycles. The Morgan fingerprint density at radius 3 is 2.31 bits per heavy atom. The quantitative estimate of drug-likeness (QED) is 0.721. The summed E-state index contributed by atoms with van der Waals surface area (Å²) < 4.78 is 32.7. The zero-order chi connectivity index (χ0) is 19.2. The summed E-state index contributed by atoms with van der Waals surface area (Å²) in [4.78, 5) is 12.4. The number of aryl methyl sites for hydroxylation is 1. The van der Waals surface area contributed by atoms with E-state index < -0.39 is 22.0 Å². The van der Waals surface area contributed by atoms with Crippen LogP contribution in [0, 0.1) is 6.92 Å². The van der Waals surface area contributed by atoms with Crippen molar-refractivity contribution in [1.82, 2.24) is 4.72 Å². The molecule has 1 unspecified atom stereocenters. The normalized spacial score (nSPS) is 12.4. The lowest BCUT2D eigenvalue weighted by Gasteiger charge is -2.19. The van der Waals surface area contributed by atoms with E-state index >= 15 is 0 Å². The summed E-state index contributed by atoms with van der Waals surface area (Å²) in [6, 6.07) is 14.7. The zero-order valence-electron chi connectivity index (χ0n) is 14.9. The molecule has 0 aliphatic carbocycles. The van der Waals surface area contributed by atoms with E-state index in [-0.39, 0.29) is 17.9 Å². The van der Waals surface area contributed by atoms with Crippen LogP contribution < -0.4 is 4.72 Å². The Morgan fingerprint density at radius 2 is 1.73 bits per heavy atom. The average Bonchev–Trinajstić information content (AvgIpc) is 2.62. The lowest BCUT2D eigenvalue weighted by molar-refractivity contribution is -0.144. The maximum atomic E-state index is 12.6. The Bertz CT molecular complexity index is 858.